The fourth-order valence-electron chi connectivity index (χ4n) is 3.88. The van der Waals surface area contributed by atoms with Gasteiger partial charge in [0.25, 0.3) is 5.91 Å². The SMILES string of the molecule is CCC(SC1=NC(=Cc2ccc(OC)cc2)C(=O)N1c1ccc(OC)c(Cl)c1)C(=O)N1CCOCC1. The number of amidine groups is 1. The molecule has 2 aromatic carbocycles. The predicted octanol–water partition coefficient (Wildman–Crippen LogP) is 4.47. The van der Waals surface area contributed by atoms with Crippen LogP contribution in [0.5, 0.6) is 11.5 Å². The Morgan fingerprint density at radius 1 is 1.17 bits per heavy atom. The minimum Gasteiger partial charge on any atom is -0.497 e. The Bertz CT molecular complexity index is 1180. The standard InChI is InChI=1S/C26H28ClN3O5S/c1-4-23(25(32)29-11-13-35-14-12-29)36-26-28-21(15-17-5-8-19(33-2)9-6-17)24(31)30(26)18-7-10-22(34-3)20(27)16-18/h5-10,15-16,23H,4,11-14H2,1-3H3. The van der Waals surface area contributed by atoms with E-state index in [0.29, 0.717) is 54.4 Å². The third-order valence-corrected chi connectivity index (χ3v) is 7.46. The summed E-state index contributed by atoms with van der Waals surface area (Å²) in [5.74, 6) is 0.933. The van der Waals surface area contributed by atoms with Crippen molar-refractivity contribution in [3.8, 4) is 11.5 Å². The summed E-state index contributed by atoms with van der Waals surface area (Å²) >= 11 is 7.66. The van der Waals surface area contributed by atoms with E-state index in [4.69, 9.17) is 25.8 Å². The predicted molar refractivity (Wildman–Crippen MR) is 143 cm³/mol. The molecule has 36 heavy (non-hydrogen) atoms. The monoisotopic (exact) mass is 529 g/mol. The van der Waals surface area contributed by atoms with Gasteiger partial charge in [-0.25, -0.2) is 4.99 Å². The van der Waals surface area contributed by atoms with Crippen LogP contribution < -0.4 is 14.4 Å². The molecule has 1 unspecified atom stereocenters. The molecule has 0 saturated carbocycles. The summed E-state index contributed by atoms with van der Waals surface area (Å²) in [5, 5.41) is 0.400. The number of hydrogen-bond acceptors (Lipinski definition) is 7. The Morgan fingerprint density at radius 3 is 2.50 bits per heavy atom. The molecule has 0 N–H and O–H groups in total. The first kappa shape index (κ1) is 26.1. The van der Waals surface area contributed by atoms with Crippen LogP contribution in [-0.4, -0.2) is 67.7 Å². The number of thioether (sulfide) groups is 1. The Labute approximate surface area is 219 Å². The van der Waals surface area contributed by atoms with Gasteiger partial charge in [-0.3, -0.25) is 14.5 Å². The van der Waals surface area contributed by atoms with E-state index >= 15 is 0 Å². The maximum absolute atomic E-state index is 13.6. The van der Waals surface area contributed by atoms with Gasteiger partial charge in [0.1, 0.15) is 17.2 Å². The maximum atomic E-state index is 13.6. The topological polar surface area (TPSA) is 80.7 Å². The molecule has 8 nitrogen and oxygen atoms in total. The Kier molecular flexibility index (Phi) is 8.56. The Hall–Kier alpha value is -3.01. The second kappa shape index (κ2) is 11.8. The fraction of sp³-hybridized carbons (Fsp3) is 0.346. The summed E-state index contributed by atoms with van der Waals surface area (Å²) in [6.07, 6.45) is 2.31. The van der Waals surface area contributed by atoms with Gasteiger partial charge in [-0.2, -0.15) is 0 Å². The van der Waals surface area contributed by atoms with Crippen molar-refractivity contribution in [1.82, 2.24) is 4.90 Å². The second-order valence-electron chi connectivity index (χ2n) is 8.11. The van der Waals surface area contributed by atoms with Gasteiger partial charge >= 0.3 is 0 Å². The number of hydrogen-bond donors (Lipinski definition) is 0. The average molecular weight is 530 g/mol. The van der Waals surface area contributed by atoms with E-state index < -0.39 is 5.25 Å². The van der Waals surface area contributed by atoms with E-state index in [1.165, 1.54) is 23.8 Å². The lowest BCUT2D eigenvalue weighted by Gasteiger charge is -2.30. The normalized spacial score (nSPS) is 17.8. The summed E-state index contributed by atoms with van der Waals surface area (Å²) in [5.41, 5.74) is 1.62. The number of carbonyl (C=O) groups is 2. The number of nitrogens with zero attached hydrogens (tertiary/aromatic N) is 3. The summed E-state index contributed by atoms with van der Waals surface area (Å²) < 4.78 is 15.9. The van der Waals surface area contributed by atoms with Gasteiger partial charge in [-0.05, 0) is 48.4 Å². The van der Waals surface area contributed by atoms with Crippen LogP contribution in [0.1, 0.15) is 18.9 Å². The highest BCUT2D eigenvalue weighted by Gasteiger charge is 2.36. The zero-order valence-corrected chi connectivity index (χ0v) is 22.0. The highest BCUT2D eigenvalue weighted by atomic mass is 35.5. The Balaban J connectivity index is 1.68. The highest BCUT2D eigenvalue weighted by Crippen LogP contribution is 2.36. The zero-order valence-electron chi connectivity index (χ0n) is 20.4. The molecular formula is C26H28ClN3O5S. The van der Waals surface area contributed by atoms with Crippen LogP contribution in [0.15, 0.2) is 53.2 Å². The van der Waals surface area contributed by atoms with E-state index in [-0.39, 0.29) is 17.5 Å². The number of morpholine rings is 1. The van der Waals surface area contributed by atoms with Crippen molar-refractivity contribution in [3.63, 3.8) is 0 Å². The van der Waals surface area contributed by atoms with Crippen molar-refractivity contribution >= 4 is 52.1 Å². The number of amides is 2. The molecule has 2 aliphatic rings. The van der Waals surface area contributed by atoms with Gasteiger partial charge in [0, 0.05) is 13.1 Å². The van der Waals surface area contributed by atoms with Gasteiger partial charge < -0.3 is 19.1 Å². The third kappa shape index (κ3) is 5.69. The van der Waals surface area contributed by atoms with Crippen LogP contribution >= 0.6 is 23.4 Å². The van der Waals surface area contributed by atoms with Crippen molar-refractivity contribution < 1.29 is 23.8 Å². The largest absolute Gasteiger partial charge is 0.497 e. The van der Waals surface area contributed by atoms with Crippen molar-refractivity contribution in [3.05, 3.63) is 58.7 Å². The summed E-state index contributed by atoms with van der Waals surface area (Å²) in [6, 6.07) is 12.5. The number of benzene rings is 2. The van der Waals surface area contributed by atoms with Crippen molar-refractivity contribution in [2.24, 2.45) is 4.99 Å². The minimum absolute atomic E-state index is 0.0150. The third-order valence-electron chi connectivity index (χ3n) is 5.86. The lowest BCUT2D eigenvalue weighted by molar-refractivity contribution is -0.134. The van der Waals surface area contributed by atoms with Gasteiger partial charge in [-0.1, -0.05) is 42.4 Å². The average Bonchev–Trinajstić information content (AvgIpc) is 3.21. The molecule has 190 valence electrons. The molecule has 0 radical (unpaired) electrons. The number of carbonyl (C=O) groups excluding carboxylic acids is 2. The van der Waals surface area contributed by atoms with Gasteiger partial charge in [0.2, 0.25) is 5.91 Å². The van der Waals surface area contributed by atoms with E-state index in [1.54, 1.807) is 31.4 Å². The van der Waals surface area contributed by atoms with Crippen LogP contribution in [0.25, 0.3) is 6.08 Å². The van der Waals surface area contributed by atoms with E-state index in [0.717, 1.165) is 11.3 Å². The summed E-state index contributed by atoms with van der Waals surface area (Å²) in [7, 11) is 3.13. The van der Waals surface area contributed by atoms with Crippen LogP contribution in [0, 0.1) is 0 Å². The quantitative estimate of drug-likeness (QED) is 0.492. The molecule has 2 aliphatic heterocycles. The lowest BCUT2D eigenvalue weighted by Crippen LogP contribution is -2.45. The number of rotatable bonds is 7. The molecule has 2 heterocycles. The molecule has 0 spiro atoms. The van der Waals surface area contributed by atoms with Crippen LogP contribution in [0.3, 0.4) is 0 Å². The molecule has 1 saturated heterocycles. The number of aliphatic imine (C=N–C) groups is 1. The van der Waals surface area contributed by atoms with Crippen molar-refractivity contribution in [2.45, 2.75) is 18.6 Å². The van der Waals surface area contributed by atoms with Crippen molar-refractivity contribution in [1.29, 1.82) is 0 Å². The fourth-order valence-corrected chi connectivity index (χ4v) is 5.25. The highest BCUT2D eigenvalue weighted by molar-refractivity contribution is 8.15. The van der Waals surface area contributed by atoms with E-state index in [2.05, 4.69) is 4.99 Å². The summed E-state index contributed by atoms with van der Waals surface area (Å²) in [6.45, 7) is 4.12. The van der Waals surface area contributed by atoms with E-state index in [1.807, 2.05) is 36.1 Å². The molecule has 10 heteroatoms. The number of halogens is 1. The zero-order chi connectivity index (χ0) is 25.7. The minimum atomic E-state index is -0.397. The molecule has 2 aromatic rings. The first-order valence-electron chi connectivity index (χ1n) is 11.6. The molecule has 0 bridgehead atoms. The molecule has 4 rings (SSSR count). The van der Waals surface area contributed by atoms with Crippen LogP contribution in [0.4, 0.5) is 5.69 Å². The maximum Gasteiger partial charge on any atom is 0.283 e. The molecule has 0 aromatic heterocycles. The first-order valence-corrected chi connectivity index (χ1v) is 12.9. The molecule has 0 aliphatic carbocycles. The Morgan fingerprint density at radius 2 is 1.89 bits per heavy atom. The lowest BCUT2D eigenvalue weighted by atomic mass is 10.2. The molecule has 1 fully saturated rings. The van der Waals surface area contributed by atoms with Gasteiger partial charge in [0.05, 0.1) is 43.4 Å². The second-order valence-corrected chi connectivity index (χ2v) is 9.69. The smallest absolute Gasteiger partial charge is 0.283 e. The number of anilines is 1. The van der Waals surface area contributed by atoms with E-state index in [9.17, 15) is 9.59 Å². The number of methoxy groups -OCH3 is 2. The molecule has 1 atom stereocenters. The van der Waals surface area contributed by atoms with Gasteiger partial charge in [0.15, 0.2) is 5.17 Å². The molecular weight excluding hydrogens is 502 g/mol. The van der Waals surface area contributed by atoms with Gasteiger partial charge in [-0.15, -0.1) is 0 Å². The number of ether oxygens (including phenoxy) is 3. The summed E-state index contributed by atoms with van der Waals surface area (Å²) in [4.78, 5) is 34.8. The van der Waals surface area contributed by atoms with Crippen LogP contribution in [0.2, 0.25) is 5.02 Å². The van der Waals surface area contributed by atoms with Crippen molar-refractivity contribution in [2.75, 3.05) is 45.4 Å². The first-order chi connectivity index (χ1) is 17.4. The van der Waals surface area contributed by atoms with Crippen LogP contribution in [-0.2, 0) is 14.3 Å². The molecule has 2 amide bonds.